The zero-order chi connectivity index (χ0) is 20.6. The third-order valence-electron chi connectivity index (χ3n) is 5.65. The Morgan fingerprint density at radius 3 is 1.61 bits per heavy atom. The number of hydrogen-bond donors (Lipinski definition) is 4. The summed E-state index contributed by atoms with van der Waals surface area (Å²) in [6.07, 6.45) is 14.3. The highest BCUT2D eigenvalue weighted by molar-refractivity contribution is 8.00. The molecule has 0 radical (unpaired) electrons. The fourth-order valence-electron chi connectivity index (χ4n) is 3.78. The highest BCUT2D eigenvalue weighted by Crippen LogP contribution is 2.30. The van der Waals surface area contributed by atoms with E-state index in [4.69, 9.17) is 4.74 Å². The third-order valence-corrected chi connectivity index (χ3v) is 7.12. The van der Waals surface area contributed by atoms with Crippen molar-refractivity contribution < 1.29 is 25.2 Å². The second kappa shape index (κ2) is 16.9. The molecule has 0 aliphatic carbocycles. The van der Waals surface area contributed by atoms with Crippen molar-refractivity contribution >= 4 is 11.8 Å². The van der Waals surface area contributed by atoms with Crippen LogP contribution in [0.3, 0.4) is 0 Å². The molecule has 1 aliphatic heterocycles. The van der Waals surface area contributed by atoms with Crippen LogP contribution in [0.5, 0.6) is 0 Å². The van der Waals surface area contributed by atoms with E-state index in [1.165, 1.54) is 88.8 Å². The zero-order valence-corrected chi connectivity index (χ0v) is 18.6. The smallest absolute Gasteiger partial charge is 0.182 e. The quantitative estimate of drug-likeness (QED) is 0.266. The average molecular weight is 421 g/mol. The SMILES string of the molecule is CCCCCCCCCCCCCCCCS[C@@H]1[C@@H](O)[C@H](O)O[C@H](CO)[C@H]1O. The molecule has 1 fully saturated rings. The molecular formula is C22H44O5S. The standard InChI is InChI=1S/C22H44O5S/c1-2-3-4-5-6-7-8-9-10-11-12-13-14-15-16-28-21-19(24)18(17-23)27-22(26)20(21)25/h18-26H,2-17H2,1H3/t18-,19-,20-,21+,22-/m1/s1. The Bertz CT molecular complexity index is 358. The minimum atomic E-state index is -1.34. The predicted octanol–water partition coefficient (Wildman–Crippen LogP) is 4.00. The molecule has 0 amide bonds. The van der Waals surface area contributed by atoms with E-state index in [0.717, 1.165) is 18.6 Å². The molecule has 1 rings (SSSR count). The Hall–Kier alpha value is 0.150. The number of ether oxygens (including phenoxy) is 1. The van der Waals surface area contributed by atoms with Gasteiger partial charge in [-0.1, -0.05) is 90.4 Å². The molecule has 0 aromatic carbocycles. The molecule has 0 saturated carbocycles. The van der Waals surface area contributed by atoms with Gasteiger partial charge in [0.2, 0.25) is 0 Å². The summed E-state index contributed by atoms with van der Waals surface area (Å²) in [5, 5.41) is 38.5. The number of rotatable bonds is 17. The van der Waals surface area contributed by atoms with E-state index in [-0.39, 0.29) is 6.61 Å². The summed E-state index contributed by atoms with van der Waals surface area (Å²) in [5.74, 6) is 0.835. The molecule has 0 spiro atoms. The molecule has 1 saturated heterocycles. The second-order valence-electron chi connectivity index (χ2n) is 8.16. The molecule has 6 heteroatoms. The van der Waals surface area contributed by atoms with E-state index >= 15 is 0 Å². The van der Waals surface area contributed by atoms with Gasteiger partial charge in [0, 0.05) is 0 Å². The number of unbranched alkanes of at least 4 members (excludes halogenated alkanes) is 13. The first-order valence-electron chi connectivity index (χ1n) is 11.5. The van der Waals surface area contributed by atoms with Crippen LogP contribution < -0.4 is 0 Å². The first-order chi connectivity index (χ1) is 13.6. The minimum absolute atomic E-state index is 0.360. The van der Waals surface area contributed by atoms with Gasteiger partial charge in [-0.3, -0.25) is 0 Å². The largest absolute Gasteiger partial charge is 0.394 e. The fraction of sp³-hybridized carbons (Fsp3) is 1.00. The number of hydrogen-bond acceptors (Lipinski definition) is 6. The lowest BCUT2D eigenvalue weighted by Crippen LogP contribution is -2.57. The first-order valence-corrected chi connectivity index (χ1v) is 12.6. The van der Waals surface area contributed by atoms with Crippen LogP contribution in [0.2, 0.25) is 0 Å². The molecule has 4 N–H and O–H groups in total. The topological polar surface area (TPSA) is 90.2 Å². The maximum Gasteiger partial charge on any atom is 0.182 e. The van der Waals surface area contributed by atoms with Gasteiger partial charge in [0.15, 0.2) is 6.29 Å². The van der Waals surface area contributed by atoms with Crippen LogP contribution in [0.15, 0.2) is 0 Å². The maximum atomic E-state index is 10.2. The molecule has 0 aromatic heterocycles. The van der Waals surface area contributed by atoms with Crippen LogP contribution >= 0.6 is 11.8 Å². The molecule has 28 heavy (non-hydrogen) atoms. The van der Waals surface area contributed by atoms with Crippen molar-refractivity contribution in [2.75, 3.05) is 12.4 Å². The van der Waals surface area contributed by atoms with Crippen LogP contribution in [-0.2, 0) is 4.74 Å². The van der Waals surface area contributed by atoms with Gasteiger partial charge in [-0.2, -0.15) is 11.8 Å². The summed E-state index contributed by atoms with van der Waals surface area (Å²) in [7, 11) is 0. The third kappa shape index (κ3) is 10.8. The van der Waals surface area contributed by atoms with E-state index in [2.05, 4.69) is 6.92 Å². The van der Waals surface area contributed by atoms with E-state index in [1.807, 2.05) is 0 Å². The molecule has 168 valence electrons. The Labute approximate surface area is 176 Å². The Morgan fingerprint density at radius 1 is 0.679 bits per heavy atom. The number of aliphatic hydroxyl groups is 4. The molecule has 5 atom stereocenters. The first kappa shape index (κ1) is 26.2. The summed E-state index contributed by atoms with van der Waals surface area (Å²) < 4.78 is 5.01. The molecule has 0 unspecified atom stereocenters. The summed E-state index contributed by atoms with van der Waals surface area (Å²) >= 11 is 1.47. The van der Waals surface area contributed by atoms with Crippen molar-refractivity contribution in [3.8, 4) is 0 Å². The van der Waals surface area contributed by atoms with E-state index in [0.29, 0.717) is 0 Å². The van der Waals surface area contributed by atoms with Gasteiger partial charge in [-0.25, -0.2) is 0 Å². The van der Waals surface area contributed by atoms with Crippen molar-refractivity contribution in [3.63, 3.8) is 0 Å². The van der Waals surface area contributed by atoms with Gasteiger partial charge in [0.05, 0.1) is 18.0 Å². The summed E-state index contributed by atoms with van der Waals surface area (Å²) in [6, 6.07) is 0. The Balaban J connectivity index is 1.92. The number of aliphatic hydroxyl groups excluding tert-OH is 4. The van der Waals surface area contributed by atoms with Crippen molar-refractivity contribution in [2.24, 2.45) is 0 Å². The summed E-state index contributed by atoms with van der Waals surface area (Å²) in [5.41, 5.74) is 0. The highest BCUT2D eigenvalue weighted by atomic mass is 32.2. The van der Waals surface area contributed by atoms with Gasteiger partial charge in [0.25, 0.3) is 0 Å². The maximum absolute atomic E-state index is 10.2. The van der Waals surface area contributed by atoms with Crippen molar-refractivity contribution in [2.45, 2.75) is 127 Å². The van der Waals surface area contributed by atoms with E-state index in [9.17, 15) is 20.4 Å². The summed E-state index contributed by atoms with van der Waals surface area (Å²) in [4.78, 5) is 0. The molecule has 0 aromatic rings. The predicted molar refractivity (Wildman–Crippen MR) is 117 cm³/mol. The average Bonchev–Trinajstić information content (AvgIpc) is 2.69. The molecule has 1 aliphatic rings. The molecule has 1 heterocycles. The van der Waals surface area contributed by atoms with Crippen molar-refractivity contribution in [3.05, 3.63) is 0 Å². The molecular weight excluding hydrogens is 376 g/mol. The minimum Gasteiger partial charge on any atom is -0.394 e. The van der Waals surface area contributed by atoms with Gasteiger partial charge in [-0.15, -0.1) is 0 Å². The summed E-state index contributed by atoms with van der Waals surface area (Å²) in [6.45, 7) is 1.90. The van der Waals surface area contributed by atoms with Crippen molar-refractivity contribution in [1.29, 1.82) is 0 Å². The van der Waals surface area contributed by atoms with Gasteiger partial charge in [0.1, 0.15) is 12.2 Å². The van der Waals surface area contributed by atoms with Crippen LogP contribution in [-0.4, -0.2) is 62.6 Å². The fourth-order valence-corrected chi connectivity index (χ4v) is 5.13. The van der Waals surface area contributed by atoms with Crippen LogP contribution in [0.4, 0.5) is 0 Å². The van der Waals surface area contributed by atoms with Gasteiger partial charge < -0.3 is 25.2 Å². The highest BCUT2D eigenvalue weighted by Gasteiger charge is 2.43. The number of thioether (sulfide) groups is 1. The van der Waals surface area contributed by atoms with E-state index < -0.39 is 29.9 Å². The van der Waals surface area contributed by atoms with Crippen LogP contribution in [0, 0.1) is 0 Å². The van der Waals surface area contributed by atoms with Gasteiger partial charge in [-0.05, 0) is 12.2 Å². The molecule has 5 nitrogen and oxygen atoms in total. The second-order valence-corrected chi connectivity index (χ2v) is 9.45. The molecule has 0 bridgehead atoms. The lowest BCUT2D eigenvalue weighted by atomic mass is 10.0. The van der Waals surface area contributed by atoms with Gasteiger partial charge >= 0.3 is 0 Å². The van der Waals surface area contributed by atoms with Crippen LogP contribution in [0.25, 0.3) is 0 Å². The normalized spacial score (nSPS) is 28.0. The van der Waals surface area contributed by atoms with Crippen molar-refractivity contribution in [1.82, 2.24) is 0 Å². The zero-order valence-electron chi connectivity index (χ0n) is 17.8. The van der Waals surface area contributed by atoms with Crippen LogP contribution in [0.1, 0.15) is 96.8 Å². The lowest BCUT2D eigenvalue weighted by molar-refractivity contribution is -0.248. The monoisotopic (exact) mass is 420 g/mol. The van der Waals surface area contributed by atoms with E-state index in [1.54, 1.807) is 0 Å². The Morgan fingerprint density at radius 2 is 1.14 bits per heavy atom. The lowest BCUT2D eigenvalue weighted by Gasteiger charge is -2.39. The Kier molecular flexibility index (Phi) is 15.8.